The molecule has 2 N–H and O–H groups in total. The zero-order valence-corrected chi connectivity index (χ0v) is 10.1. The number of hydrogen-bond acceptors (Lipinski definition) is 3. The zero-order valence-electron chi connectivity index (χ0n) is 10.1. The number of amides is 1. The third-order valence-electron chi connectivity index (χ3n) is 2.22. The van der Waals surface area contributed by atoms with Gasteiger partial charge in [-0.05, 0) is 30.7 Å². The van der Waals surface area contributed by atoms with Crippen LogP contribution >= 0.6 is 0 Å². The number of carbonyl (C=O) groups is 2. The van der Waals surface area contributed by atoms with Crippen molar-refractivity contribution in [3.8, 4) is 5.75 Å². The summed E-state index contributed by atoms with van der Waals surface area (Å²) in [5.74, 6) is -1.66. The Labute approximate surface area is 104 Å². The molecule has 1 aromatic rings. The average Bonchev–Trinajstić information content (AvgIpc) is 2.28. The molecule has 6 heteroatoms. The van der Waals surface area contributed by atoms with Gasteiger partial charge in [-0.2, -0.15) is 0 Å². The van der Waals surface area contributed by atoms with Gasteiger partial charge in [-0.15, -0.1) is 0 Å². The molecule has 0 bridgehead atoms. The molecule has 1 unspecified atom stereocenters. The highest BCUT2D eigenvalue weighted by atomic mass is 19.1. The second-order valence-corrected chi connectivity index (χ2v) is 3.81. The predicted molar refractivity (Wildman–Crippen MR) is 61.9 cm³/mol. The van der Waals surface area contributed by atoms with Gasteiger partial charge < -0.3 is 15.2 Å². The van der Waals surface area contributed by atoms with E-state index >= 15 is 0 Å². The topological polar surface area (TPSA) is 75.6 Å². The molecule has 0 spiro atoms. The largest absolute Gasteiger partial charge is 0.491 e. The van der Waals surface area contributed by atoms with Crippen LogP contribution in [0.2, 0.25) is 0 Å². The predicted octanol–water partition coefficient (Wildman–Crippen LogP) is 1.10. The lowest BCUT2D eigenvalue weighted by atomic mass is 10.2. The van der Waals surface area contributed by atoms with Gasteiger partial charge in [-0.25, -0.2) is 9.18 Å². The second-order valence-electron chi connectivity index (χ2n) is 3.81. The van der Waals surface area contributed by atoms with Gasteiger partial charge in [0.15, 0.2) is 6.04 Å². The van der Waals surface area contributed by atoms with Crippen LogP contribution in [0.4, 0.5) is 4.39 Å². The van der Waals surface area contributed by atoms with Gasteiger partial charge in [-0.1, -0.05) is 0 Å². The quantitative estimate of drug-likeness (QED) is 0.826. The summed E-state index contributed by atoms with van der Waals surface area (Å²) in [7, 11) is 0. The van der Waals surface area contributed by atoms with Crippen LogP contribution in [-0.4, -0.2) is 29.6 Å². The number of hydrogen-bond donors (Lipinski definition) is 2. The molecule has 98 valence electrons. The number of ether oxygens (including phenoxy) is 1. The first-order valence-electron chi connectivity index (χ1n) is 5.29. The first-order chi connectivity index (χ1) is 8.40. The highest BCUT2D eigenvalue weighted by Gasteiger charge is 2.19. The summed E-state index contributed by atoms with van der Waals surface area (Å²) in [6, 6.07) is 2.96. The summed E-state index contributed by atoms with van der Waals surface area (Å²) in [5.41, 5.74) is 0.402. The van der Waals surface area contributed by atoms with Crippen molar-refractivity contribution in [3.63, 3.8) is 0 Å². The number of rotatable bonds is 5. The molecule has 0 radical (unpaired) electrons. The van der Waals surface area contributed by atoms with Crippen LogP contribution in [0.3, 0.4) is 0 Å². The van der Waals surface area contributed by atoms with E-state index in [-0.39, 0.29) is 12.4 Å². The van der Waals surface area contributed by atoms with Gasteiger partial charge in [0, 0.05) is 6.92 Å². The molecular weight excluding hydrogens is 241 g/mol. The monoisotopic (exact) mass is 255 g/mol. The van der Waals surface area contributed by atoms with Gasteiger partial charge in [0.25, 0.3) is 0 Å². The normalized spacial score (nSPS) is 11.7. The van der Waals surface area contributed by atoms with Crippen LogP contribution in [0.15, 0.2) is 18.2 Å². The fourth-order valence-electron chi connectivity index (χ4n) is 1.31. The van der Waals surface area contributed by atoms with Crippen molar-refractivity contribution in [1.29, 1.82) is 0 Å². The van der Waals surface area contributed by atoms with E-state index in [0.717, 1.165) is 0 Å². The molecule has 0 heterocycles. The van der Waals surface area contributed by atoms with Crippen molar-refractivity contribution in [2.45, 2.75) is 19.9 Å². The summed E-state index contributed by atoms with van der Waals surface area (Å²) in [6.45, 7) is 2.57. The lowest BCUT2D eigenvalue weighted by molar-refractivity contribution is -0.142. The molecule has 18 heavy (non-hydrogen) atoms. The van der Waals surface area contributed by atoms with Gasteiger partial charge in [0.1, 0.15) is 18.2 Å². The minimum absolute atomic E-state index is 0.222. The Kier molecular flexibility index (Phi) is 4.65. The number of carboxylic acid groups (broad SMARTS) is 1. The van der Waals surface area contributed by atoms with Crippen molar-refractivity contribution in [2.75, 3.05) is 6.61 Å². The van der Waals surface area contributed by atoms with Crippen LogP contribution in [0.5, 0.6) is 5.75 Å². The molecule has 0 aliphatic rings. The molecule has 1 aromatic carbocycles. The molecule has 1 rings (SSSR count). The summed E-state index contributed by atoms with van der Waals surface area (Å²) in [6.07, 6.45) is 0. The molecule has 0 aliphatic carbocycles. The SMILES string of the molecule is CC(=O)NC(COc1ccc(F)c(C)c1)C(=O)O. The molecule has 0 aliphatic heterocycles. The molecule has 5 nitrogen and oxygen atoms in total. The molecule has 1 atom stereocenters. The minimum Gasteiger partial charge on any atom is -0.491 e. The molecule has 0 fully saturated rings. The summed E-state index contributed by atoms with van der Waals surface area (Å²) >= 11 is 0. The van der Waals surface area contributed by atoms with Crippen LogP contribution in [0.1, 0.15) is 12.5 Å². The van der Waals surface area contributed by atoms with Crippen LogP contribution in [-0.2, 0) is 9.59 Å². The number of carbonyl (C=O) groups excluding carboxylic acids is 1. The van der Waals surface area contributed by atoms with E-state index in [9.17, 15) is 14.0 Å². The Bertz CT molecular complexity index is 461. The van der Waals surface area contributed by atoms with E-state index < -0.39 is 17.9 Å². The standard InChI is InChI=1S/C12H14FNO4/c1-7-5-9(3-4-10(7)13)18-6-11(12(16)17)14-8(2)15/h3-5,11H,6H2,1-2H3,(H,14,15)(H,16,17). The summed E-state index contributed by atoms with van der Waals surface area (Å²) in [4.78, 5) is 21.6. The highest BCUT2D eigenvalue weighted by molar-refractivity contribution is 5.82. The Morgan fingerprint density at radius 3 is 2.67 bits per heavy atom. The number of nitrogens with one attached hydrogen (secondary N) is 1. The lowest BCUT2D eigenvalue weighted by Gasteiger charge is -2.14. The van der Waals surface area contributed by atoms with Crippen molar-refractivity contribution in [2.24, 2.45) is 0 Å². The third kappa shape index (κ3) is 4.04. The fourth-order valence-corrected chi connectivity index (χ4v) is 1.31. The number of aliphatic carboxylic acids is 1. The van der Waals surface area contributed by atoms with E-state index in [1.54, 1.807) is 6.92 Å². The average molecular weight is 255 g/mol. The Balaban J connectivity index is 2.64. The first kappa shape index (κ1) is 14.0. The van der Waals surface area contributed by atoms with Gasteiger partial charge in [0.05, 0.1) is 0 Å². The summed E-state index contributed by atoms with van der Waals surface area (Å²) in [5, 5.41) is 11.1. The van der Waals surface area contributed by atoms with Crippen LogP contribution in [0, 0.1) is 12.7 Å². The van der Waals surface area contributed by atoms with E-state index in [2.05, 4.69) is 5.32 Å². The van der Waals surface area contributed by atoms with Crippen LogP contribution < -0.4 is 10.1 Å². The highest BCUT2D eigenvalue weighted by Crippen LogP contribution is 2.16. The molecule has 0 saturated heterocycles. The lowest BCUT2D eigenvalue weighted by Crippen LogP contribution is -2.43. The maximum atomic E-state index is 13.0. The molecule has 0 aromatic heterocycles. The van der Waals surface area contributed by atoms with Crippen LogP contribution in [0.25, 0.3) is 0 Å². The van der Waals surface area contributed by atoms with Gasteiger partial charge in [0.2, 0.25) is 5.91 Å². The van der Waals surface area contributed by atoms with Crippen molar-refractivity contribution in [3.05, 3.63) is 29.6 Å². The molecular formula is C12H14FNO4. The van der Waals surface area contributed by atoms with Crippen molar-refractivity contribution >= 4 is 11.9 Å². The van der Waals surface area contributed by atoms with E-state index in [4.69, 9.17) is 9.84 Å². The van der Waals surface area contributed by atoms with E-state index in [1.165, 1.54) is 25.1 Å². The Morgan fingerprint density at radius 1 is 1.50 bits per heavy atom. The third-order valence-corrected chi connectivity index (χ3v) is 2.22. The van der Waals surface area contributed by atoms with Gasteiger partial charge >= 0.3 is 5.97 Å². The number of halogens is 1. The van der Waals surface area contributed by atoms with E-state index in [0.29, 0.717) is 11.3 Å². The summed E-state index contributed by atoms with van der Waals surface area (Å²) < 4.78 is 18.2. The Hall–Kier alpha value is -2.11. The first-order valence-corrected chi connectivity index (χ1v) is 5.29. The number of benzene rings is 1. The molecule has 0 saturated carbocycles. The van der Waals surface area contributed by atoms with Crippen molar-refractivity contribution in [1.82, 2.24) is 5.32 Å². The minimum atomic E-state index is -1.19. The molecule has 1 amide bonds. The van der Waals surface area contributed by atoms with Crippen molar-refractivity contribution < 1.29 is 23.8 Å². The Morgan fingerprint density at radius 2 is 2.17 bits per heavy atom. The maximum Gasteiger partial charge on any atom is 0.329 e. The maximum absolute atomic E-state index is 13.0. The second kappa shape index (κ2) is 6.00. The zero-order chi connectivity index (χ0) is 13.7. The van der Waals surface area contributed by atoms with E-state index in [1.807, 2.05) is 0 Å². The smallest absolute Gasteiger partial charge is 0.329 e. The van der Waals surface area contributed by atoms with Gasteiger partial charge in [-0.3, -0.25) is 4.79 Å². The number of carboxylic acids is 1. The fraction of sp³-hybridized carbons (Fsp3) is 0.333. The number of aryl methyl sites for hydroxylation is 1.